The van der Waals surface area contributed by atoms with Crippen LogP contribution < -0.4 is 4.74 Å². The van der Waals surface area contributed by atoms with Crippen LogP contribution in [0.3, 0.4) is 0 Å². The van der Waals surface area contributed by atoms with E-state index in [9.17, 15) is 4.79 Å². The molecule has 0 aliphatic carbocycles. The smallest absolute Gasteiger partial charge is 0.254 e. The first kappa shape index (κ1) is 18.2. The Kier molecular flexibility index (Phi) is 5.24. The molecule has 6 nitrogen and oxygen atoms in total. The molecule has 1 aliphatic rings. The molecule has 4 rings (SSSR count). The van der Waals surface area contributed by atoms with Gasteiger partial charge in [-0.2, -0.15) is 0 Å². The molecule has 0 N–H and O–H groups in total. The summed E-state index contributed by atoms with van der Waals surface area (Å²) in [4.78, 5) is 14.6. The lowest BCUT2D eigenvalue weighted by Crippen LogP contribution is -2.47. The first-order valence-electron chi connectivity index (χ1n) is 8.62. The second kappa shape index (κ2) is 7.80. The second-order valence-electron chi connectivity index (χ2n) is 6.42. The van der Waals surface area contributed by atoms with E-state index in [4.69, 9.17) is 21.1 Å². The van der Waals surface area contributed by atoms with Crippen LogP contribution in [-0.4, -0.2) is 52.8 Å². The van der Waals surface area contributed by atoms with Gasteiger partial charge in [0.2, 0.25) is 0 Å². The first-order valence-corrected chi connectivity index (χ1v) is 9.77. The zero-order valence-electron chi connectivity index (χ0n) is 14.7. The Bertz CT molecular complexity index is 978. The lowest BCUT2D eigenvalue weighted by Gasteiger charge is -2.33. The Morgan fingerprint density at radius 1 is 1.37 bits per heavy atom. The van der Waals surface area contributed by atoms with Gasteiger partial charge in [0.1, 0.15) is 24.0 Å². The number of carbonyl (C=O) groups is 1. The van der Waals surface area contributed by atoms with Crippen LogP contribution in [0.15, 0.2) is 36.4 Å². The molecule has 2 heterocycles. The molecule has 1 atom stereocenters. The fourth-order valence-corrected chi connectivity index (χ4v) is 3.65. The van der Waals surface area contributed by atoms with Crippen LogP contribution in [0.25, 0.3) is 10.2 Å². The van der Waals surface area contributed by atoms with Crippen molar-refractivity contribution in [2.24, 2.45) is 0 Å². The van der Waals surface area contributed by atoms with Crippen LogP contribution in [0.2, 0.25) is 5.02 Å². The number of benzene rings is 2. The second-order valence-corrected chi connectivity index (χ2v) is 7.61. The molecule has 3 aromatic rings. The third-order valence-electron chi connectivity index (χ3n) is 4.48. The fraction of sp³-hybridized carbons (Fsp3) is 0.316. The van der Waals surface area contributed by atoms with E-state index in [0.29, 0.717) is 36.9 Å². The third-order valence-corrected chi connectivity index (χ3v) is 5.61. The summed E-state index contributed by atoms with van der Waals surface area (Å²) in [5.41, 5.74) is 2.32. The van der Waals surface area contributed by atoms with Crippen molar-refractivity contribution in [2.75, 3.05) is 26.3 Å². The summed E-state index contributed by atoms with van der Waals surface area (Å²) in [7, 11) is 0. The Morgan fingerprint density at radius 3 is 3.11 bits per heavy atom. The highest BCUT2D eigenvalue weighted by Gasteiger charge is 2.26. The number of ether oxygens (including phenoxy) is 2. The van der Waals surface area contributed by atoms with Crippen LogP contribution in [0.5, 0.6) is 5.75 Å². The number of nitrogens with zero attached hydrogens (tertiary/aromatic N) is 3. The number of rotatable bonds is 4. The lowest BCUT2D eigenvalue weighted by molar-refractivity contribution is -0.0401. The molecule has 140 valence electrons. The van der Waals surface area contributed by atoms with Gasteiger partial charge in [-0.25, -0.2) is 0 Å². The zero-order chi connectivity index (χ0) is 18.8. The summed E-state index contributed by atoms with van der Waals surface area (Å²) >= 11 is 7.36. The van der Waals surface area contributed by atoms with Gasteiger partial charge in [-0.15, -0.1) is 5.10 Å². The predicted octanol–water partition coefficient (Wildman–Crippen LogP) is 3.57. The quantitative estimate of drug-likeness (QED) is 0.666. The van der Waals surface area contributed by atoms with Gasteiger partial charge in [0.05, 0.1) is 17.9 Å². The first-order chi connectivity index (χ1) is 13.1. The van der Waals surface area contributed by atoms with Crippen molar-refractivity contribution in [1.82, 2.24) is 14.5 Å². The topological polar surface area (TPSA) is 64.5 Å². The summed E-state index contributed by atoms with van der Waals surface area (Å²) in [5.74, 6) is 0.714. The molecule has 1 aliphatic heterocycles. The summed E-state index contributed by atoms with van der Waals surface area (Å²) < 4.78 is 16.5. The van der Waals surface area contributed by atoms with Crippen molar-refractivity contribution >= 4 is 39.3 Å². The number of carbonyl (C=O) groups excluding carboxylic acids is 1. The van der Waals surface area contributed by atoms with Crippen LogP contribution in [0.4, 0.5) is 0 Å². The molecule has 0 bridgehead atoms. The van der Waals surface area contributed by atoms with E-state index in [2.05, 4.69) is 9.59 Å². The maximum atomic E-state index is 12.8. The van der Waals surface area contributed by atoms with E-state index >= 15 is 0 Å². The van der Waals surface area contributed by atoms with Crippen LogP contribution in [0.1, 0.15) is 15.9 Å². The van der Waals surface area contributed by atoms with Crippen molar-refractivity contribution in [2.45, 2.75) is 13.0 Å². The van der Waals surface area contributed by atoms with E-state index in [1.165, 1.54) is 11.5 Å². The molecule has 0 spiro atoms. The molecule has 1 saturated heterocycles. The Balaban J connectivity index is 1.39. The van der Waals surface area contributed by atoms with Crippen molar-refractivity contribution < 1.29 is 14.3 Å². The third kappa shape index (κ3) is 4.05. The minimum absolute atomic E-state index is 0.0273. The van der Waals surface area contributed by atoms with Gasteiger partial charge in [-0.1, -0.05) is 16.1 Å². The minimum Gasteiger partial charge on any atom is -0.491 e. The maximum absolute atomic E-state index is 12.8. The lowest BCUT2D eigenvalue weighted by atomic mass is 10.1. The zero-order valence-corrected chi connectivity index (χ0v) is 16.3. The summed E-state index contributed by atoms with van der Waals surface area (Å²) in [5, 5.41) is 4.75. The number of hydrogen-bond donors (Lipinski definition) is 0. The fourth-order valence-electron chi connectivity index (χ4n) is 3.00. The summed E-state index contributed by atoms with van der Waals surface area (Å²) in [6, 6.07) is 11.0. The molecular formula is C19H18ClN3O3S. The predicted molar refractivity (Wildman–Crippen MR) is 105 cm³/mol. The highest BCUT2D eigenvalue weighted by atomic mass is 35.5. The normalized spacial score (nSPS) is 17.3. The van der Waals surface area contributed by atoms with E-state index in [1.54, 1.807) is 11.0 Å². The summed E-state index contributed by atoms with van der Waals surface area (Å²) in [6.45, 7) is 3.84. The van der Waals surface area contributed by atoms with Gasteiger partial charge in [-0.05, 0) is 60.4 Å². The van der Waals surface area contributed by atoms with Crippen molar-refractivity contribution in [3.8, 4) is 5.75 Å². The monoisotopic (exact) mass is 403 g/mol. The summed E-state index contributed by atoms with van der Waals surface area (Å²) in [6.07, 6.45) is -0.177. The van der Waals surface area contributed by atoms with Crippen LogP contribution in [-0.2, 0) is 4.74 Å². The number of fused-ring (bicyclic) bond motifs is 1. The van der Waals surface area contributed by atoms with Gasteiger partial charge in [-0.3, -0.25) is 4.79 Å². The number of morpholine rings is 1. The Morgan fingerprint density at radius 2 is 2.26 bits per heavy atom. The molecule has 1 unspecified atom stereocenters. The molecule has 2 aromatic carbocycles. The van der Waals surface area contributed by atoms with Crippen LogP contribution >= 0.6 is 23.1 Å². The van der Waals surface area contributed by atoms with Gasteiger partial charge in [0.25, 0.3) is 5.91 Å². The van der Waals surface area contributed by atoms with E-state index < -0.39 is 0 Å². The molecule has 8 heteroatoms. The number of halogens is 1. The number of hydrogen-bond acceptors (Lipinski definition) is 6. The largest absolute Gasteiger partial charge is 0.491 e. The average molecular weight is 404 g/mol. The van der Waals surface area contributed by atoms with E-state index in [0.717, 1.165) is 21.5 Å². The van der Waals surface area contributed by atoms with Crippen molar-refractivity contribution in [3.05, 3.63) is 52.5 Å². The van der Waals surface area contributed by atoms with Crippen molar-refractivity contribution in [3.63, 3.8) is 0 Å². The Labute approximate surface area is 165 Å². The molecular weight excluding hydrogens is 386 g/mol. The van der Waals surface area contributed by atoms with E-state index in [-0.39, 0.29) is 12.0 Å². The maximum Gasteiger partial charge on any atom is 0.254 e. The highest BCUT2D eigenvalue weighted by molar-refractivity contribution is 7.12. The van der Waals surface area contributed by atoms with Crippen LogP contribution in [0, 0.1) is 6.92 Å². The number of aromatic nitrogens is 2. The molecule has 27 heavy (non-hydrogen) atoms. The molecule has 1 fully saturated rings. The number of amides is 1. The van der Waals surface area contributed by atoms with E-state index in [1.807, 2.05) is 37.3 Å². The minimum atomic E-state index is -0.177. The standard InChI is InChI=1S/C19H18ClN3O3S/c1-12-8-14(3-4-16(12)20)26-11-15-10-23(6-7-25-15)19(24)13-2-5-18-17(9-13)21-22-27-18/h2-5,8-9,15H,6-7,10-11H2,1H3. The van der Waals surface area contributed by atoms with Gasteiger partial charge >= 0.3 is 0 Å². The number of aryl methyl sites for hydroxylation is 1. The average Bonchev–Trinajstić information content (AvgIpc) is 3.16. The van der Waals surface area contributed by atoms with Crippen molar-refractivity contribution in [1.29, 1.82) is 0 Å². The SMILES string of the molecule is Cc1cc(OCC2CN(C(=O)c3ccc4snnc4c3)CCO2)ccc1Cl. The molecule has 0 saturated carbocycles. The molecule has 1 amide bonds. The molecule has 1 aromatic heterocycles. The van der Waals surface area contributed by atoms with Gasteiger partial charge in [0, 0.05) is 17.1 Å². The van der Waals surface area contributed by atoms with Gasteiger partial charge < -0.3 is 14.4 Å². The van der Waals surface area contributed by atoms with Gasteiger partial charge in [0.15, 0.2) is 0 Å². The highest BCUT2D eigenvalue weighted by Crippen LogP contribution is 2.22. The molecule has 0 radical (unpaired) electrons. The Hall–Kier alpha value is -2.22.